The topological polar surface area (TPSA) is 0 Å². The van der Waals surface area contributed by atoms with Gasteiger partial charge in [0.1, 0.15) is 0 Å². The Bertz CT molecular complexity index is 84.6. The highest BCUT2D eigenvalue weighted by molar-refractivity contribution is 5.02. The maximum absolute atomic E-state index is 2.24. The quantitative estimate of drug-likeness (QED) is 0.524. The molecule has 60 valence electrons. The summed E-state index contributed by atoms with van der Waals surface area (Å²) in [6, 6.07) is 0. The van der Waals surface area contributed by atoms with Crippen molar-refractivity contribution in [2.45, 2.75) is 40.5 Å². The molecule has 2 fully saturated rings. The molecule has 0 radical (unpaired) electrons. The van der Waals surface area contributed by atoms with Crippen molar-refractivity contribution in [1.82, 2.24) is 0 Å². The summed E-state index contributed by atoms with van der Waals surface area (Å²) in [4.78, 5) is 0. The Balaban J connectivity index is 0.000000104. The molecule has 2 saturated carbocycles. The van der Waals surface area contributed by atoms with Crippen LogP contribution in [0.4, 0.5) is 0 Å². The summed E-state index contributed by atoms with van der Waals surface area (Å²) < 4.78 is 0. The summed E-state index contributed by atoms with van der Waals surface area (Å²) in [7, 11) is 0. The molecule has 0 spiro atoms. The third-order valence-electron chi connectivity index (χ3n) is 2.80. The van der Waals surface area contributed by atoms with E-state index in [1.54, 1.807) is 12.8 Å². The highest BCUT2D eigenvalue weighted by Crippen LogP contribution is 2.62. The van der Waals surface area contributed by atoms with Crippen LogP contribution in [0.2, 0.25) is 0 Å². The van der Waals surface area contributed by atoms with E-state index in [0.717, 1.165) is 11.8 Å². The smallest absolute Gasteiger partial charge is 0.0380 e. The van der Waals surface area contributed by atoms with Crippen LogP contribution in [0.1, 0.15) is 40.5 Å². The van der Waals surface area contributed by atoms with Crippen LogP contribution >= 0.6 is 0 Å². The molecule has 0 unspecified atom stereocenters. The van der Waals surface area contributed by atoms with Gasteiger partial charge in [0.2, 0.25) is 0 Å². The molecule has 0 N–H and O–H groups in total. The largest absolute Gasteiger partial charge is 0.0625 e. The minimum absolute atomic E-state index is 0.852. The van der Waals surface area contributed by atoms with Crippen molar-refractivity contribution in [3.8, 4) is 0 Å². The summed E-state index contributed by atoms with van der Waals surface area (Å²) in [5.41, 5.74) is 0. The third kappa shape index (κ3) is 2.72. The zero-order chi connectivity index (χ0) is 7.72. The Morgan fingerprint density at radius 2 is 1.00 bits per heavy atom. The highest BCUT2D eigenvalue weighted by atomic mass is 14.6. The van der Waals surface area contributed by atoms with E-state index in [1.165, 1.54) is 11.8 Å². The summed E-state index contributed by atoms with van der Waals surface area (Å²) in [5.74, 6) is 4.20. The predicted octanol–water partition coefficient (Wildman–Crippen LogP) is 3.32. The van der Waals surface area contributed by atoms with E-state index < -0.39 is 0 Å². The zero-order valence-electron chi connectivity index (χ0n) is 7.72. The maximum atomic E-state index is 2.24. The summed E-state index contributed by atoms with van der Waals surface area (Å²) in [5, 5.41) is 0. The molecular formula is C10H20. The Morgan fingerprint density at radius 1 is 0.800 bits per heavy atom. The Morgan fingerprint density at radius 3 is 1.00 bits per heavy atom. The van der Waals surface area contributed by atoms with Gasteiger partial charge in [0.25, 0.3) is 0 Å². The first-order valence-corrected chi connectivity index (χ1v) is 4.61. The molecular weight excluding hydrogens is 120 g/mol. The fraction of sp³-hybridized carbons (Fsp3) is 1.00. The molecule has 10 heavy (non-hydrogen) atoms. The monoisotopic (exact) mass is 140 g/mol. The molecule has 0 bridgehead atoms. The van der Waals surface area contributed by atoms with Crippen LogP contribution in [0.15, 0.2) is 0 Å². The van der Waals surface area contributed by atoms with Crippen LogP contribution in [0.5, 0.6) is 0 Å². The zero-order valence-corrected chi connectivity index (χ0v) is 7.72. The molecule has 0 aromatic heterocycles. The second-order valence-corrected chi connectivity index (χ2v) is 4.48. The van der Waals surface area contributed by atoms with Crippen LogP contribution in [-0.2, 0) is 0 Å². The lowest BCUT2D eigenvalue weighted by molar-refractivity contribution is 0.457. The van der Waals surface area contributed by atoms with Crippen molar-refractivity contribution in [3.05, 3.63) is 0 Å². The van der Waals surface area contributed by atoms with Gasteiger partial charge < -0.3 is 0 Å². The first kappa shape index (κ1) is 8.10. The lowest BCUT2D eigenvalue weighted by atomic mass is 10.0. The molecule has 0 nitrogen and oxygen atoms in total. The van der Waals surface area contributed by atoms with Gasteiger partial charge in [-0.25, -0.2) is 0 Å². The van der Waals surface area contributed by atoms with E-state index in [-0.39, 0.29) is 0 Å². The second kappa shape index (κ2) is 2.94. The Kier molecular flexibility index (Phi) is 2.38. The lowest BCUT2D eigenvalue weighted by Gasteiger charge is -2.05. The Hall–Kier alpha value is 0. The van der Waals surface area contributed by atoms with Crippen LogP contribution in [0.25, 0.3) is 0 Å². The molecule has 2 rings (SSSR count). The predicted molar refractivity (Wildman–Crippen MR) is 45.9 cm³/mol. The van der Waals surface area contributed by atoms with Crippen molar-refractivity contribution in [3.63, 3.8) is 0 Å². The van der Waals surface area contributed by atoms with Crippen molar-refractivity contribution in [2.24, 2.45) is 23.7 Å². The van der Waals surface area contributed by atoms with E-state index in [2.05, 4.69) is 27.7 Å². The Labute approximate surface area is 65.0 Å². The highest BCUT2D eigenvalue weighted by Gasteiger charge is 2.52. The standard InChI is InChI=1S/C6H14.C4H6/c1-5(2)6(3)4;1-3-2-4(1)3/h5-6H,1-4H3;3-4H,1-2H2. The van der Waals surface area contributed by atoms with Crippen LogP contribution < -0.4 is 0 Å². The van der Waals surface area contributed by atoms with Gasteiger partial charge in [-0.15, -0.1) is 0 Å². The van der Waals surface area contributed by atoms with Crippen molar-refractivity contribution in [1.29, 1.82) is 0 Å². The van der Waals surface area contributed by atoms with E-state index >= 15 is 0 Å². The third-order valence-corrected chi connectivity index (χ3v) is 2.80. The van der Waals surface area contributed by atoms with Gasteiger partial charge >= 0.3 is 0 Å². The molecule has 0 aromatic carbocycles. The van der Waals surface area contributed by atoms with Crippen LogP contribution in [0.3, 0.4) is 0 Å². The fourth-order valence-electron chi connectivity index (χ4n) is 0.552. The SMILES string of the molecule is C1C2CC12.CC(C)C(C)C. The van der Waals surface area contributed by atoms with Crippen molar-refractivity contribution >= 4 is 0 Å². The second-order valence-electron chi connectivity index (χ2n) is 4.48. The molecule has 0 saturated heterocycles. The first-order chi connectivity index (χ1) is 4.61. The fourth-order valence-corrected chi connectivity index (χ4v) is 0.552. The molecule has 0 aliphatic heterocycles. The minimum atomic E-state index is 0.852. The summed E-state index contributed by atoms with van der Waals surface area (Å²) in [6.45, 7) is 8.96. The molecule has 0 aromatic rings. The van der Waals surface area contributed by atoms with E-state index in [0.29, 0.717) is 0 Å². The summed E-state index contributed by atoms with van der Waals surface area (Å²) >= 11 is 0. The molecule has 0 heteroatoms. The van der Waals surface area contributed by atoms with E-state index in [4.69, 9.17) is 0 Å². The average Bonchev–Trinajstić information content (AvgIpc) is 2.45. The van der Waals surface area contributed by atoms with Crippen molar-refractivity contribution in [2.75, 3.05) is 0 Å². The first-order valence-electron chi connectivity index (χ1n) is 4.61. The van der Waals surface area contributed by atoms with Gasteiger partial charge in [0, 0.05) is 0 Å². The van der Waals surface area contributed by atoms with Gasteiger partial charge in [-0.05, 0) is 36.5 Å². The number of hydrogen-bond acceptors (Lipinski definition) is 0. The number of hydrogen-bond donors (Lipinski definition) is 0. The van der Waals surface area contributed by atoms with Gasteiger partial charge in [0.15, 0.2) is 0 Å². The molecule has 0 amide bonds. The van der Waals surface area contributed by atoms with Gasteiger partial charge in [0.05, 0.1) is 0 Å². The maximum Gasteiger partial charge on any atom is -0.0380 e. The van der Waals surface area contributed by atoms with E-state index in [9.17, 15) is 0 Å². The average molecular weight is 140 g/mol. The minimum Gasteiger partial charge on any atom is -0.0625 e. The molecule has 2 aliphatic rings. The van der Waals surface area contributed by atoms with Gasteiger partial charge in [-0.2, -0.15) is 0 Å². The molecule has 0 atom stereocenters. The molecule has 0 heterocycles. The van der Waals surface area contributed by atoms with Gasteiger partial charge in [-0.3, -0.25) is 0 Å². The van der Waals surface area contributed by atoms with Crippen LogP contribution in [0, 0.1) is 23.7 Å². The molecule has 2 aliphatic carbocycles. The van der Waals surface area contributed by atoms with Crippen LogP contribution in [-0.4, -0.2) is 0 Å². The van der Waals surface area contributed by atoms with Gasteiger partial charge in [-0.1, -0.05) is 27.7 Å². The summed E-state index contributed by atoms with van der Waals surface area (Å²) in [6.07, 6.45) is 3.17. The number of rotatable bonds is 1. The number of fused-ring (bicyclic) bond motifs is 1. The normalized spacial score (nSPS) is 33.0. The van der Waals surface area contributed by atoms with E-state index in [1.807, 2.05) is 0 Å². The van der Waals surface area contributed by atoms with Crippen molar-refractivity contribution < 1.29 is 0 Å². The lowest BCUT2D eigenvalue weighted by Crippen LogP contribution is -1.95.